The van der Waals surface area contributed by atoms with Gasteiger partial charge >= 0.3 is 0 Å². The number of nitrogens with one attached hydrogen (secondary N) is 1. The summed E-state index contributed by atoms with van der Waals surface area (Å²) in [6.07, 6.45) is 4.78. The molecule has 0 bridgehead atoms. The van der Waals surface area contributed by atoms with Crippen LogP contribution in [-0.4, -0.2) is 23.3 Å². The first-order valence-electron chi connectivity index (χ1n) is 5.05. The van der Waals surface area contributed by atoms with Crippen molar-refractivity contribution in [1.29, 1.82) is 5.26 Å². The molecule has 0 amide bonds. The van der Waals surface area contributed by atoms with Gasteiger partial charge in [0.15, 0.2) is 0 Å². The van der Waals surface area contributed by atoms with E-state index in [1.165, 1.54) is 0 Å². The van der Waals surface area contributed by atoms with Gasteiger partial charge in [0, 0.05) is 6.54 Å². The average Bonchev–Trinajstić information content (AvgIpc) is 2.55. The van der Waals surface area contributed by atoms with Gasteiger partial charge in [-0.3, -0.25) is 5.32 Å². The second kappa shape index (κ2) is 4.59. The van der Waals surface area contributed by atoms with Crippen LogP contribution in [0, 0.1) is 11.3 Å². The van der Waals surface area contributed by atoms with Crippen LogP contribution in [0.1, 0.15) is 39.0 Å². The Morgan fingerprint density at radius 2 is 2.15 bits per heavy atom. The summed E-state index contributed by atoms with van der Waals surface area (Å²) >= 11 is 0. The van der Waals surface area contributed by atoms with E-state index in [-0.39, 0.29) is 6.04 Å². The Morgan fingerprint density at radius 3 is 2.62 bits per heavy atom. The molecule has 1 fully saturated rings. The lowest BCUT2D eigenvalue weighted by atomic mass is 10.0. The number of rotatable bonds is 4. The maximum absolute atomic E-state index is 9.96. The summed E-state index contributed by atoms with van der Waals surface area (Å²) in [5.41, 5.74) is -0.537. The van der Waals surface area contributed by atoms with Gasteiger partial charge in [0.2, 0.25) is 0 Å². The van der Waals surface area contributed by atoms with Crippen molar-refractivity contribution in [2.45, 2.75) is 50.7 Å². The van der Waals surface area contributed by atoms with Crippen molar-refractivity contribution < 1.29 is 5.11 Å². The molecule has 0 spiro atoms. The summed E-state index contributed by atoms with van der Waals surface area (Å²) in [6, 6.07) is 2.06. The van der Waals surface area contributed by atoms with Gasteiger partial charge in [0.25, 0.3) is 0 Å². The minimum absolute atomic E-state index is 0.107. The first-order valence-corrected chi connectivity index (χ1v) is 5.05. The number of hydrogen-bond acceptors (Lipinski definition) is 3. The van der Waals surface area contributed by atoms with E-state index >= 15 is 0 Å². The fraction of sp³-hybridized carbons (Fsp3) is 0.900. The Kier molecular flexibility index (Phi) is 3.71. The summed E-state index contributed by atoms with van der Waals surface area (Å²) < 4.78 is 0. The molecule has 1 unspecified atom stereocenters. The highest BCUT2D eigenvalue weighted by molar-refractivity contribution is 4.93. The van der Waals surface area contributed by atoms with E-state index in [1.54, 1.807) is 0 Å². The molecule has 1 atom stereocenters. The van der Waals surface area contributed by atoms with Crippen LogP contribution in [0.4, 0.5) is 0 Å². The van der Waals surface area contributed by atoms with Crippen molar-refractivity contribution in [3.63, 3.8) is 0 Å². The summed E-state index contributed by atoms with van der Waals surface area (Å²) in [5.74, 6) is 0. The Bertz CT molecular complexity index is 192. The van der Waals surface area contributed by atoms with Crippen LogP contribution in [0.2, 0.25) is 0 Å². The first-order chi connectivity index (χ1) is 6.20. The van der Waals surface area contributed by atoms with E-state index in [2.05, 4.69) is 11.4 Å². The summed E-state index contributed by atoms with van der Waals surface area (Å²) in [6.45, 7) is 2.54. The summed E-state index contributed by atoms with van der Waals surface area (Å²) in [4.78, 5) is 0. The third-order valence-corrected chi connectivity index (χ3v) is 2.78. The third-order valence-electron chi connectivity index (χ3n) is 2.78. The number of hydrogen-bond donors (Lipinski definition) is 2. The van der Waals surface area contributed by atoms with Gasteiger partial charge in [-0.25, -0.2) is 0 Å². The van der Waals surface area contributed by atoms with Crippen LogP contribution in [0.25, 0.3) is 0 Å². The lowest BCUT2D eigenvalue weighted by Crippen LogP contribution is -2.42. The van der Waals surface area contributed by atoms with E-state index in [0.29, 0.717) is 6.54 Å². The van der Waals surface area contributed by atoms with Crippen LogP contribution in [-0.2, 0) is 0 Å². The van der Waals surface area contributed by atoms with Crippen LogP contribution in [0.5, 0.6) is 0 Å². The second-order valence-corrected chi connectivity index (χ2v) is 3.90. The molecule has 3 heteroatoms. The monoisotopic (exact) mass is 182 g/mol. The lowest BCUT2D eigenvalue weighted by molar-refractivity contribution is 0.0463. The molecule has 0 heterocycles. The molecule has 0 aromatic carbocycles. The van der Waals surface area contributed by atoms with Gasteiger partial charge in [-0.05, 0) is 19.3 Å². The molecule has 1 aliphatic rings. The maximum Gasteiger partial charge on any atom is 0.0951 e. The highest BCUT2D eigenvalue weighted by Gasteiger charge is 2.31. The predicted molar refractivity (Wildman–Crippen MR) is 51.1 cm³/mol. The maximum atomic E-state index is 9.96. The van der Waals surface area contributed by atoms with Crippen molar-refractivity contribution in [3.05, 3.63) is 0 Å². The van der Waals surface area contributed by atoms with Crippen molar-refractivity contribution in [2.24, 2.45) is 0 Å². The molecule has 3 nitrogen and oxygen atoms in total. The van der Waals surface area contributed by atoms with Gasteiger partial charge in [-0.1, -0.05) is 19.8 Å². The molecule has 0 saturated heterocycles. The molecule has 1 rings (SSSR count). The SMILES string of the molecule is CCC(C#N)NCC1(O)CCCC1. The number of nitriles is 1. The topological polar surface area (TPSA) is 56.0 Å². The number of aliphatic hydroxyl groups is 1. The summed E-state index contributed by atoms with van der Waals surface area (Å²) in [7, 11) is 0. The van der Waals surface area contributed by atoms with Gasteiger partial charge in [0.05, 0.1) is 17.7 Å². The Labute approximate surface area is 79.8 Å². The smallest absolute Gasteiger partial charge is 0.0951 e. The third kappa shape index (κ3) is 2.98. The fourth-order valence-electron chi connectivity index (χ4n) is 1.80. The molecule has 0 aliphatic heterocycles. The van der Waals surface area contributed by atoms with Crippen molar-refractivity contribution in [2.75, 3.05) is 6.54 Å². The van der Waals surface area contributed by atoms with Crippen LogP contribution < -0.4 is 5.32 Å². The van der Waals surface area contributed by atoms with E-state index in [0.717, 1.165) is 32.1 Å². The van der Waals surface area contributed by atoms with E-state index in [4.69, 9.17) is 5.26 Å². The standard InChI is InChI=1S/C10H18N2O/c1-2-9(7-11)12-8-10(13)5-3-4-6-10/h9,12-13H,2-6,8H2,1H3. The van der Waals surface area contributed by atoms with E-state index in [1.807, 2.05) is 6.92 Å². The second-order valence-electron chi connectivity index (χ2n) is 3.90. The lowest BCUT2D eigenvalue weighted by Gasteiger charge is -2.23. The van der Waals surface area contributed by atoms with Gasteiger partial charge in [-0.2, -0.15) is 5.26 Å². The Balaban J connectivity index is 2.28. The van der Waals surface area contributed by atoms with Crippen LogP contribution in [0.3, 0.4) is 0 Å². The predicted octanol–water partition coefficient (Wildman–Crippen LogP) is 1.18. The normalized spacial score (nSPS) is 22.5. The van der Waals surface area contributed by atoms with Crippen LogP contribution >= 0.6 is 0 Å². The summed E-state index contributed by atoms with van der Waals surface area (Å²) in [5, 5.41) is 21.7. The molecular weight excluding hydrogens is 164 g/mol. The quantitative estimate of drug-likeness (QED) is 0.686. The largest absolute Gasteiger partial charge is 0.389 e. The number of nitrogens with zero attached hydrogens (tertiary/aromatic N) is 1. The Morgan fingerprint density at radius 1 is 1.54 bits per heavy atom. The van der Waals surface area contributed by atoms with E-state index < -0.39 is 5.60 Å². The molecule has 0 aromatic rings. The average molecular weight is 182 g/mol. The van der Waals surface area contributed by atoms with E-state index in [9.17, 15) is 5.11 Å². The molecule has 2 N–H and O–H groups in total. The first kappa shape index (κ1) is 10.5. The zero-order valence-electron chi connectivity index (χ0n) is 8.21. The van der Waals surface area contributed by atoms with Gasteiger partial charge in [-0.15, -0.1) is 0 Å². The molecule has 0 aromatic heterocycles. The molecule has 74 valence electrons. The molecule has 1 aliphatic carbocycles. The van der Waals surface area contributed by atoms with Gasteiger partial charge in [0.1, 0.15) is 0 Å². The minimum atomic E-state index is -0.537. The highest BCUT2D eigenvalue weighted by Crippen LogP contribution is 2.28. The fourth-order valence-corrected chi connectivity index (χ4v) is 1.80. The molecule has 0 radical (unpaired) electrons. The molecular formula is C10H18N2O. The van der Waals surface area contributed by atoms with Crippen molar-refractivity contribution in [1.82, 2.24) is 5.32 Å². The van der Waals surface area contributed by atoms with Crippen LogP contribution in [0.15, 0.2) is 0 Å². The zero-order valence-corrected chi connectivity index (χ0v) is 8.21. The zero-order chi connectivity index (χ0) is 9.73. The minimum Gasteiger partial charge on any atom is -0.389 e. The molecule has 13 heavy (non-hydrogen) atoms. The van der Waals surface area contributed by atoms with Gasteiger partial charge < -0.3 is 5.11 Å². The molecule has 1 saturated carbocycles. The Hall–Kier alpha value is -0.590. The highest BCUT2D eigenvalue weighted by atomic mass is 16.3. The van der Waals surface area contributed by atoms with Crippen molar-refractivity contribution in [3.8, 4) is 6.07 Å². The van der Waals surface area contributed by atoms with Crippen molar-refractivity contribution >= 4 is 0 Å².